The highest BCUT2D eigenvalue weighted by molar-refractivity contribution is 4.93. The maximum Gasteiger partial charge on any atom is 0.0951 e. The molecule has 2 N–H and O–H groups in total. The average Bonchev–Trinajstić information content (AvgIpc) is 2.66. The Bertz CT molecular complexity index is 204. The molecule has 0 aromatic rings. The third-order valence-electron chi connectivity index (χ3n) is 3.35. The first-order valence-electron chi connectivity index (χ1n) is 5.83. The average molecular weight is 215 g/mol. The van der Waals surface area contributed by atoms with E-state index in [0.29, 0.717) is 6.04 Å². The summed E-state index contributed by atoms with van der Waals surface area (Å²) in [7, 11) is 0. The first kappa shape index (κ1) is 11.3. The highest BCUT2D eigenvalue weighted by Crippen LogP contribution is 2.32. The molecule has 0 saturated carbocycles. The van der Waals surface area contributed by atoms with Crippen LogP contribution in [0.25, 0.3) is 0 Å². The molecule has 3 atom stereocenters. The van der Waals surface area contributed by atoms with E-state index in [4.69, 9.17) is 14.6 Å². The van der Waals surface area contributed by atoms with Crippen LogP contribution >= 0.6 is 0 Å². The lowest BCUT2D eigenvalue weighted by Gasteiger charge is -2.38. The Morgan fingerprint density at radius 1 is 1.53 bits per heavy atom. The summed E-state index contributed by atoms with van der Waals surface area (Å²) in [6.07, 6.45) is 3.06. The van der Waals surface area contributed by atoms with Gasteiger partial charge in [0.05, 0.1) is 18.8 Å². The van der Waals surface area contributed by atoms with Crippen LogP contribution in [0.15, 0.2) is 0 Å². The molecule has 0 aromatic heterocycles. The van der Waals surface area contributed by atoms with Crippen LogP contribution in [0.2, 0.25) is 0 Å². The van der Waals surface area contributed by atoms with Crippen LogP contribution in [0.4, 0.5) is 0 Å². The van der Waals surface area contributed by atoms with Crippen LogP contribution in [-0.4, -0.2) is 49.2 Å². The summed E-state index contributed by atoms with van der Waals surface area (Å²) in [4.78, 5) is 0. The number of aliphatic hydroxyl groups is 1. The largest absolute Gasteiger partial charge is 0.395 e. The second kappa shape index (κ2) is 4.78. The number of hydrogen-bond acceptors (Lipinski definition) is 4. The summed E-state index contributed by atoms with van der Waals surface area (Å²) in [5.74, 6) is 0. The van der Waals surface area contributed by atoms with Gasteiger partial charge >= 0.3 is 0 Å². The van der Waals surface area contributed by atoms with Crippen LogP contribution in [0.5, 0.6) is 0 Å². The summed E-state index contributed by atoms with van der Waals surface area (Å²) in [5.41, 5.74) is -0.0366. The van der Waals surface area contributed by atoms with Crippen molar-refractivity contribution in [2.45, 2.75) is 43.9 Å². The van der Waals surface area contributed by atoms with Gasteiger partial charge in [0.2, 0.25) is 0 Å². The van der Waals surface area contributed by atoms with E-state index in [1.165, 1.54) is 0 Å². The number of rotatable bonds is 3. The van der Waals surface area contributed by atoms with Gasteiger partial charge in [-0.2, -0.15) is 0 Å². The van der Waals surface area contributed by atoms with Crippen molar-refractivity contribution in [2.75, 3.05) is 26.4 Å². The lowest BCUT2D eigenvalue weighted by atomic mass is 9.89. The van der Waals surface area contributed by atoms with E-state index in [0.717, 1.165) is 39.1 Å². The molecule has 2 aliphatic heterocycles. The van der Waals surface area contributed by atoms with Gasteiger partial charge in [-0.15, -0.1) is 0 Å². The Morgan fingerprint density at radius 3 is 3.07 bits per heavy atom. The van der Waals surface area contributed by atoms with Crippen molar-refractivity contribution in [3.8, 4) is 0 Å². The van der Waals surface area contributed by atoms with Crippen molar-refractivity contribution in [3.63, 3.8) is 0 Å². The molecule has 0 aromatic carbocycles. The van der Waals surface area contributed by atoms with Crippen LogP contribution in [-0.2, 0) is 9.47 Å². The molecule has 3 unspecified atom stereocenters. The molecule has 0 radical (unpaired) electrons. The van der Waals surface area contributed by atoms with Crippen LogP contribution in [0, 0.1) is 0 Å². The fourth-order valence-corrected chi connectivity index (χ4v) is 2.49. The highest BCUT2D eigenvalue weighted by Gasteiger charge is 2.41. The standard InChI is InChI=1S/C11H21NO3/c1-9(7-13)12-10-2-4-15-11(6-10)3-5-14-8-11/h9-10,12-13H,2-8H2,1H3. The summed E-state index contributed by atoms with van der Waals surface area (Å²) in [6.45, 7) is 4.56. The van der Waals surface area contributed by atoms with Gasteiger partial charge < -0.3 is 19.9 Å². The van der Waals surface area contributed by atoms with E-state index < -0.39 is 0 Å². The maximum atomic E-state index is 9.00. The van der Waals surface area contributed by atoms with Gasteiger partial charge in [0.25, 0.3) is 0 Å². The molecule has 2 fully saturated rings. The zero-order valence-corrected chi connectivity index (χ0v) is 9.37. The van der Waals surface area contributed by atoms with E-state index in [-0.39, 0.29) is 18.2 Å². The first-order chi connectivity index (χ1) is 7.24. The first-order valence-corrected chi connectivity index (χ1v) is 5.83. The lowest BCUT2D eigenvalue weighted by Crippen LogP contribution is -2.50. The molecule has 2 rings (SSSR count). The van der Waals surface area contributed by atoms with Crippen molar-refractivity contribution in [1.82, 2.24) is 5.32 Å². The predicted octanol–water partition coefficient (Wildman–Crippen LogP) is 0.295. The predicted molar refractivity (Wildman–Crippen MR) is 56.8 cm³/mol. The fraction of sp³-hybridized carbons (Fsp3) is 1.00. The zero-order chi connectivity index (χ0) is 10.7. The monoisotopic (exact) mass is 215 g/mol. The number of hydrogen-bond donors (Lipinski definition) is 2. The summed E-state index contributed by atoms with van der Waals surface area (Å²) >= 11 is 0. The van der Waals surface area contributed by atoms with Crippen molar-refractivity contribution in [2.24, 2.45) is 0 Å². The molecule has 2 heterocycles. The third-order valence-corrected chi connectivity index (χ3v) is 3.35. The molecule has 4 nitrogen and oxygen atoms in total. The molecule has 2 saturated heterocycles. The Hall–Kier alpha value is -0.160. The third kappa shape index (κ3) is 2.69. The van der Waals surface area contributed by atoms with Gasteiger partial charge in [0, 0.05) is 31.7 Å². The maximum absolute atomic E-state index is 9.00. The zero-order valence-electron chi connectivity index (χ0n) is 9.37. The number of aliphatic hydroxyl groups excluding tert-OH is 1. The minimum Gasteiger partial charge on any atom is -0.395 e. The van der Waals surface area contributed by atoms with E-state index in [1.54, 1.807) is 0 Å². The quantitative estimate of drug-likeness (QED) is 0.710. The normalized spacial score (nSPS) is 38.4. The summed E-state index contributed by atoms with van der Waals surface area (Å²) < 4.78 is 11.3. The van der Waals surface area contributed by atoms with Crippen molar-refractivity contribution in [3.05, 3.63) is 0 Å². The fourth-order valence-electron chi connectivity index (χ4n) is 2.49. The van der Waals surface area contributed by atoms with E-state index in [9.17, 15) is 0 Å². The second-order valence-electron chi connectivity index (χ2n) is 4.77. The van der Waals surface area contributed by atoms with Crippen molar-refractivity contribution < 1.29 is 14.6 Å². The smallest absolute Gasteiger partial charge is 0.0951 e. The summed E-state index contributed by atoms with van der Waals surface area (Å²) in [6, 6.07) is 0.634. The van der Waals surface area contributed by atoms with E-state index in [1.807, 2.05) is 6.92 Å². The molecule has 88 valence electrons. The molecule has 2 aliphatic rings. The van der Waals surface area contributed by atoms with Gasteiger partial charge in [-0.05, 0) is 19.8 Å². The molecule has 0 bridgehead atoms. The van der Waals surface area contributed by atoms with E-state index >= 15 is 0 Å². The molecule has 0 amide bonds. The Balaban J connectivity index is 1.86. The molecule has 4 heteroatoms. The summed E-state index contributed by atoms with van der Waals surface area (Å²) in [5, 5.41) is 12.4. The SMILES string of the molecule is CC(CO)NC1CCOC2(CCOC2)C1. The van der Waals surface area contributed by atoms with Gasteiger partial charge in [0.15, 0.2) is 0 Å². The van der Waals surface area contributed by atoms with Gasteiger partial charge in [-0.3, -0.25) is 0 Å². The Labute approximate surface area is 90.9 Å². The topological polar surface area (TPSA) is 50.7 Å². The van der Waals surface area contributed by atoms with Gasteiger partial charge in [-0.1, -0.05) is 0 Å². The van der Waals surface area contributed by atoms with Crippen molar-refractivity contribution in [1.29, 1.82) is 0 Å². The van der Waals surface area contributed by atoms with Crippen LogP contribution in [0.3, 0.4) is 0 Å². The highest BCUT2D eigenvalue weighted by atomic mass is 16.6. The number of ether oxygens (including phenoxy) is 2. The molecule has 1 spiro atoms. The van der Waals surface area contributed by atoms with Crippen LogP contribution in [0.1, 0.15) is 26.2 Å². The lowest BCUT2D eigenvalue weighted by molar-refractivity contribution is -0.0906. The minimum atomic E-state index is -0.0366. The van der Waals surface area contributed by atoms with Crippen LogP contribution < -0.4 is 5.32 Å². The number of nitrogens with one attached hydrogen (secondary N) is 1. The Morgan fingerprint density at radius 2 is 2.40 bits per heavy atom. The molecule has 15 heavy (non-hydrogen) atoms. The second-order valence-corrected chi connectivity index (χ2v) is 4.77. The Kier molecular flexibility index (Phi) is 3.61. The minimum absolute atomic E-state index is 0.0366. The van der Waals surface area contributed by atoms with Crippen molar-refractivity contribution >= 4 is 0 Å². The molecular formula is C11H21NO3. The molecule has 0 aliphatic carbocycles. The van der Waals surface area contributed by atoms with Gasteiger partial charge in [-0.25, -0.2) is 0 Å². The molecular weight excluding hydrogens is 194 g/mol. The van der Waals surface area contributed by atoms with E-state index in [2.05, 4.69) is 5.32 Å². The van der Waals surface area contributed by atoms with Gasteiger partial charge in [0.1, 0.15) is 0 Å².